The minimum Gasteiger partial charge on any atom is -0.462 e. The van der Waals surface area contributed by atoms with Crippen molar-refractivity contribution in [3.63, 3.8) is 0 Å². The van der Waals surface area contributed by atoms with Gasteiger partial charge >= 0.3 is 35.4 Å². The van der Waals surface area contributed by atoms with E-state index in [-0.39, 0.29) is 12.8 Å². The van der Waals surface area contributed by atoms with Crippen LogP contribution in [0.25, 0.3) is 0 Å². The van der Waals surface area contributed by atoms with Crippen molar-refractivity contribution in [2.75, 3.05) is 13.2 Å². The number of carbonyl (C=O) groups is 2. The van der Waals surface area contributed by atoms with E-state index in [4.69, 9.17) is 18.5 Å². The van der Waals surface area contributed by atoms with E-state index < -0.39 is 91.3 Å². The molecule has 22 heteroatoms. The molecule has 0 aliphatic heterocycles. The molecule has 1 rings (SSSR count). The Morgan fingerprint density at radius 2 is 0.855 bits per heavy atom. The van der Waals surface area contributed by atoms with Gasteiger partial charge in [0.1, 0.15) is 43.2 Å². The summed E-state index contributed by atoms with van der Waals surface area (Å²) in [7, 11) is -16.6. The normalized spacial score (nSPS) is 21.6. The maximum atomic E-state index is 13.1. The fourth-order valence-electron chi connectivity index (χ4n) is 7.66. The molecule has 0 aromatic carbocycles. The van der Waals surface area contributed by atoms with Crippen LogP contribution >= 0.6 is 23.5 Å². The molecular formula is C47H87O19P3. The molecule has 8 atom stereocenters. The van der Waals surface area contributed by atoms with Crippen molar-refractivity contribution in [1.82, 2.24) is 0 Å². The van der Waals surface area contributed by atoms with Crippen LogP contribution in [0.1, 0.15) is 194 Å². The summed E-state index contributed by atoms with van der Waals surface area (Å²) in [4.78, 5) is 73.3. The molecule has 1 saturated carbocycles. The van der Waals surface area contributed by atoms with E-state index in [1.165, 1.54) is 96.3 Å². The van der Waals surface area contributed by atoms with E-state index in [0.29, 0.717) is 19.3 Å². The van der Waals surface area contributed by atoms with Crippen molar-refractivity contribution < 1.29 is 90.6 Å². The van der Waals surface area contributed by atoms with Gasteiger partial charge in [-0.15, -0.1) is 0 Å². The summed E-state index contributed by atoms with van der Waals surface area (Å²) in [6, 6.07) is 0. The van der Waals surface area contributed by atoms with E-state index in [2.05, 4.69) is 47.2 Å². The lowest BCUT2D eigenvalue weighted by molar-refractivity contribution is -0.213. The second-order valence-electron chi connectivity index (χ2n) is 17.8. The molecule has 0 radical (unpaired) electrons. The summed E-state index contributed by atoms with van der Waals surface area (Å²) in [5, 5.41) is 31.9. The summed E-state index contributed by atoms with van der Waals surface area (Å²) in [5.74, 6) is -1.35. The van der Waals surface area contributed by atoms with E-state index in [9.17, 15) is 63.1 Å². The molecule has 0 aromatic rings. The number of unbranched alkanes of at least 4 members (excludes halogenated alkanes) is 21. The molecule has 19 nitrogen and oxygen atoms in total. The SMILES string of the molecule is CCCCCCCC/C=C\C/C=C\C/C=C\CCCC(=O)OC[C@H](COP(=O)(O)O[C@H]1C(O)C(O)C(OP(=O)(O)O)[C@@H](OP(=O)(O)O)C1O)OC(=O)CCCCCCCCCCCCCCCCC. The molecule has 5 unspecified atom stereocenters. The minimum absolute atomic E-state index is 0.00930. The number of ether oxygens (including phenoxy) is 2. The summed E-state index contributed by atoms with van der Waals surface area (Å²) in [6.07, 6.45) is 24.5. The number of hydrogen-bond donors (Lipinski definition) is 8. The minimum atomic E-state index is -5.61. The van der Waals surface area contributed by atoms with Crippen molar-refractivity contribution in [2.45, 2.75) is 236 Å². The molecule has 8 N–H and O–H groups in total. The quantitative estimate of drug-likeness (QED) is 0.0122. The lowest BCUT2D eigenvalue weighted by atomic mass is 9.85. The van der Waals surface area contributed by atoms with Crippen LogP contribution in [0.5, 0.6) is 0 Å². The van der Waals surface area contributed by atoms with Gasteiger partial charge in [-0.05, 0) is 44.9 Å². The van der Waals surface area contributed by atoms with Gasteiger partial charge in [-0.25, -0.2) is 13.7 Å². The molecule has 0 aromatic heterocycles. The number of aliphatic hydroxyl groups is 3. The molecule has 404 valence electrons. The monoisotopic (exact) mass is 1050 g/mol. The Kier molecular flexibility index (Phi) is 36.9. The topological polar surface area (TPSA) is 303 Å². The fourth-order valence-corrected chi connectivity index (χ4v) is 9.75. The molecule has 0 saturated heterocycles. The van der Waals surface area contributed by atoms with Crippen LogP contribution in [-0.4, -0.2) is 108 Å². The molecule has 0 bridgehead atoms. The summed E-state index contributed by atoms with van der Waals surface area (Å²) in [6.45, 7) is 2.91. The number of carbonyl (C=O) groups excluding carboxylic acids is 2. The van der Waals surface area contributed by atoms with E-state index >= 15 is 0 Å². The Hall–Kier alpha value is -1.63. The van der Waals surface area contributed by atoms with Gasteiger partial charge in [0, 0.05) is 12.8 Å². The number of hydrogen-bond acceptors (Lipinski definition) is 14. The number of aliphatic hydroxyl groups excluding tert-OH is 3. The Bertz CT molecular complexity index is 1580. The third-order valence-corrected chi connectivity index (χ3v) is 13.5. The zero-order chi connectivity index (χ0) is 51.4. The number of phosphoric acid groups is 3. The Morgan fingerprint density at radius 1 is 0.464 bits per heavy atom. The van der Waals surface area contributed by atoms with Crippen LogP contribution in [0.4, 0.5) is 0 Å². The first-order valence-corrected chi connectivity index (χ1v) is 29.8. The first-order valence-electron chi connectivity index (χ1n) is 25.3. The highest BCUT2D eigenvalue weighted by Crippen LogP contribution is 2.51. The molecule has 0 heterocycles. The van der Waals surface area contributed by atoms with Crippen LogP contribution in [0.2, 0.25) is 0 Å². The second-order valence-corrected chi connectivity index (χ2v) is 21.5. The van der Waals surface area contributed by atoms with Gasteiger partial charge in [0.2, 0.25) is 0 Å². The number of esters is 2. The lowest BCUT2D eigenvalue weighted by Gasteiger charge is -2.44. The fraction of sp³-hybridized carbons (Fsp3) is 0.830. The van der Waals surface area contributed by atoms with E-state index in [1.807, 2.05) is 12.2 Å². The van der Waals surface area contributed by atoms with Gasteiger partial charge in [0.25, 0.3) is 0 Å². The third-order valence-electron chi connectivity index (χ3n) is 11.4. The zero-order valence-corrected chi connectivity index (χ0v) is 43.8. The predicted octanol–water partition coefficient (Wildman–Crippen LogP) is 9.63. The zero-order valence-electron chi connectivity index (χ0n) is 41.1. The first kappa shape index (κ1) is 65.4. The van der Waals surface area contributed by atoms with Crippen LogP contribution in [-0.2, 0) is 50.9 Å². The van der Waals surface area contributed by atoms with Crippen molar-refractivity contribution >= 4 is 35.4 Å². The van der Waals surface area contributed by atoms with Crippen molar-refractivity contribution in [3.8, 4) is 0 Å². The third kappa shape index (κ3) is 35.2. The van der Waals surface area contributed by atoms with Crippen molar-refractivity contribution in [3.05, 3.63) is 36.5 Å². The van der Waals surface area contributed by atoms with Gasteiger partial charge in [0.05, 0.1) is 6.61 Å². The van der Waals surface area contributed by atoms with Crippen LogP contribution < -0.4 is 0 Å². The first-order chi connectivity index (χ1) is 32.8. The number of rotatable bonds is 43. The highest BCUT2D eigenvalue weighted by molar-refractivity contribution is 7.47. The summed E-state index contributed by atoms with van der Waals surface area (Å²) in [5.41, 5.74) is 0. The Morgan fingerprint density at radius 3 is 1.33 bits per heavy atom. The largest absolute Gasteiger partial charge is 0.472 e. The standard InChI is InChI=1S/C47H87O19P3/c1-3-5-7-9-11-13-15-17-19-20-22-23-25-27-29-31-33-35-40(48)61-37-39(63-41(49)36-34-32-30-28-26-24-21-18-16-14-12-10-8-6-4-2)38-62-69(59,60)66-45-42(50)43(51)46(64-67(53,54)55)47(44(45)52)65-68(56,57)58/h17,19,22-23,27,29,39,42-47,50-52H,3-16,18,20-21,24-26,28,30-38H2,1-2H3,(H,59,60)(H2,53,54,55)(H2,56,57,58)/b19-17-,23-22-,29-27-/t39-,42?,43?,44?,45+,46?,47+/m1/s1. The average molecular weight is 1050 g/mol. The van der Waals surface area contributed by atoms with Gasteiger partial charge in [0.15, 0.2) is 6.10 Å². The van der Waals surface area contributed by atoms with Crippen LogP contribution in [0, 0.1) is 0 Å². The highest BCUT2D eigenvalue weighted by Gasteiger charge is 2.56. The highest BCUT2D eigenvalue weighted by atomic mass is 31.2. The summed E-state index contributed by atoms with van der Waals surface area (Å²) < 4.78 is 65.5. The molecule has 0 amide bonds. The van der Waals surface area contributed by atoms with Gasteiger partial charge in [-0.1, -0.05) is 172 Å². The van der Waals surface area contributed by atoms with Crippen molar-refractivity contribution in [1.29, 1.82) is 0 Å². The lowest BCUT2D eigenvalue weighted by Crippen LogP contribution is -2.65. The van der Waals surface area contributed by atoms with Gasteiger partial charge in [-0.2, -0.15) is 0 Å². The second kappa shape index (κ2) is 38.9. The smallest absolute Gasteiger partial charge is 0.462 e. The van der Waals surface area contributed by atoms with E-state index in [0.717, 1.165) is 51.4 Å². The van der Waals surface area contributed by atoms with E-state index in [1.54, 1.807) is 0 Å². The molecule has 1 fully saturated rings. The van der Waals surface area contributed by atoms with Crippen LogP contribution in [0.3, 0.4) is 0 Å². The predicted molar refractivity (Wildman–Crippen MR) is 261 cm³/mol. The molecule has 1 aliphatic rings. The molecule has 1 aliphatic carbocycles. The molecular weight excluding hydrogens is 961 g/mol. The Balaban J connectivity index is 2.73. The summed E-state index contributed by atoms with van der Waals surface area (Å²) >= 11 is 0. The van der Waals surface area contributed by atoms with Crippen LogP contribution in [0.15, 0.2) is 36.5 Å². The Labute approximate surface area is 410 Å². The maximum absolute atomic E-state index is 13.1. The van der Waals surface area contributed by atoms with Crippen molar-refractivity contribution in [2.24, 2.45) is 0 Å². The molecule has 69 heavy (non-hydrogen) atoms. The maximum Gasteiger partial charge on any atom is 0.472 e. The van der Waals surface area contributed by atoms with Gasteiger partial charge in [-0.3, -0.25) is 27.7 Å². The number of allylic oxidation sites excluding steroid dienone is 6. The molecule has 0 spiro atoms. The van der Waals surface area contributed by atoms with Gasteiger partial charge < -0.3 is 49.3 Å². The number of phosphoric ester groups is 3. The average Bonchev–Trinajstić information content (AvgIpc) is 3.28.